The lowest BCUT2D eigenvalue weighted by molar-refractivity contribution is -0.153. The Morgan fingerprint density at radius 1 is 1.10 bits per heavy atom. The van der Waals surface area contributed by atoms with Gasteiger partial charge < -0.3 is 9.47 Å². The van der Waals surface area contributed by atoms with Gasteiger partial charge in [0.1, 0.15) is 23.1 Å². The van der Waals surface area contributed by atoms with E-state index in [1.165, 1.54) is 24.3 Å². The number of alkyl halides is 3. The van der Waals surface area contributed by atoms with Crippen molar-refractivity contribution in [3.8, 4) is 17.2 Å². The van der Waals surface area contributed by atoms with Gasteiger partial charge in [-0.25, -0.2) is 4.39 Å². The fourth-order valence-electron chi connectivity index (χ4n) is 1.80. The van der Waals surface area contributed by atoms with Gasteiger partial charge in [0.2, 0.25) is 0 Å². The van der Waals surface area contributed by atoms with Crippen molar-refractivity contribution in [1.82, 2.24) is 0 Å². The molecule has 2 aromatic rings. The van der Waals surface area contributed by atoms with Gasteiger partial charge in [0.15, 0.2) is 6.61 Å². The molecule has 0 spiro atoms. The molecule has 0 saturated heterocycles. The van der Waals surface area contributed by atoms with Crippen LogP contribution in [0.5, 0.6) is 17.2 Å². The summed E-state index contributed by atoms with van der Waals surface area (Å²) in [5.74, 6) is 0.324. The summed E-state index contributed by atoms with van der Waals surface area (Å²) in [5, 5.41) is 0. The molecule has 3 rings (SSSR count). The van der Waals surface area contributed by atoms with E-state index in [2.05, 4.69) is 4.74 Å². The van der Waals surface area contributed by atoms with Crippen LogP contribution in [0.2, 0.25) is 0 Å². The van der Waals surface area contributed by atoms with Crippen molar-refractivity contribution >= 4 is 11.8 Å². The summed E-state index contributed by atoms with van der Waals surface area (Å²) in [5.41, 5.74) is 0. The van der Waals surface area contributed by atoms with Gasteiger partial charge in [0.05, 0.1) is 9.79 Å². The molecule has 0 fully saturated rings. The van der Waals surface area contributed by atoms with Crippen LogP contribution in [0.3, 0.4) is 0 Å². The molecular weight excluding hydrogens is 308 g/mol. The molecule has 0 radical (unpaired) electrons. The molecule has 1 aliphatic rings. The van der Waals surface area contributed by atoms with Crippen molar-refractivity contribution in [2.45, 2.75) is 16.0 Å². The van der Waals surface area contributed by atoms with Gasteiger partial charge in [-0.05, 0) is 24.3 Å². The smallest absolute Gasteiger partial charge is 0.422 e. The van der Waals surface area contributed by atoms with Crippen LogP contribution in [0.15, 0.2) is 46.2 Å². The van der Waals surface area contributed by atoms with Crippen molar-refractivity contribution in [2.24, 2.45) is 0 Å². The Labute approximate surface area is 121 Å². The third kappa shape index (κ3) is 3.07. The Morgan fingerprint density at radius 3 is 2.67 bits per heavy atom. The van der Waals surface area contributed by atoms with Crippen LogP contribution in [0.1, 0.15) is 0 Å². The van der Waals surface area contributed by atoms with E-state index >= 15 is 0 Å². The van der Waals surface area contributed by atoms with Gasteiger partial charge in [-0.15, -0.1) is 0 Å². The summed E-state index contributed by atoms with van der Waals surface area (Å²) in [6.07, 6.45) is -4.40. The van der Waals surface area contributed by atoms with E-state index in [-0.39, 0.29) is 5.75 Å². The van der Waals surface area contributed by atoms with Gasteiger partial charge in [-0.2, -0.15) is 13.2 Å². The zero-order valence-electron chi connectivity index (χ0n) is 10.4. The first-order chi connectivity index (χ1) is 9.92. The fraction of sp³-hybridized carbons (Fsp3) is 0.143. The number of fused-ring (bicyclic) bond motifs is 2. The minimum Gasteiger partial charge on any atom is -0.484 e. The maximum atomic E-state index is 13.6. The van der Waals surface area contributed by atoms with Gasteiger partial charge in [0.25, 0.3) is 0 Å². The van der Waals surface area contributed by atoms with E-state index in [1.807, 2.05) is 0 Å². The first-order valence-corrected chi connectivity index (χ1v) is 6.72. The normalized spacial score (nSPS) is 13.1. The molecule has 21 heavy (non-hydrogen) atoms. The predicted octanol–water partition coefficient (Wildman–Crippen LogP) is 5.02. The van der Waals surface area contributed by atoms with E-state index in [0.717, 1.165) is 11.8 Å². The Kier molecular flexibility index (Phi) is 3.44. The number of rotatable bonds is 2. The highest BCUT2D eigenvalue weighted by Gasteiger charge is 2.29. The fourth-order valence-corrected chi connectivity index (χ4v) is 2.74. The van der Waals surface area contributed by atoms with E-state index in [9.17, 15) is 17.6 Å². The van der Waals surface area contributed by atoms with Gasteiger partial charge in [-0.3, -0.25) is 0 Å². The summed E-state index contributed by atoms with van der Waals surface area (Å²) in [6, 6.07) is 8.72. The highest BCUT2D eigenvalue weighted by molar-refractivity contribution is 7.99. The second kappa shape index (κ2) is 5.14. The average Bonchev–Trinajstić information content (AvgIpc) is 2.43. The third-order valence-corrected chi connectivity index (χ3v) is 3.84. The van der Waals surface area contributed by atoms with Gasteiger partial charge in [0, 0.05) is 6.07 Å². The maximum Gasteiger partial charge on any atom is 0.422 e. The van der Waals surface area contributed by atoms with E-state index in [1.54, 1.807) is 12.1 Å². The number of halogens is 4. The molecule has 0 amide bonds. The van der Waals surface area contributed by atoms with E-state index in [4.69, 9.17) is 4.74 Å². The first kappa shape index (κ1) is 14.1. The summed E-state index contributed by atoms with van der Waals surface area (Å²) >= 11 is 1.16. The largest absolute Gasteiger partial charge is 0.484 e. The quantitative estimate of drug-likeness (QED) is 0.618. The zero-order valence-corrected chi connectivity index (χ0v) is 11.2. The molecule has 0 saturated carbocycles. The Hall–Kier alpha value is -1.89. The summed E-state index contributed by atoms with van der Waals surface area (Å²) in [4.78, 5) is 0.973. The van der Waals surface area contributed by atoms with Crippen molar-refractivity contribution in [3.63, 3.8) is 0 Å². The molecule has 1 aliphatic heterocycles. The van der Waals surface area contributed by atoms with Crippen LogP contribution < -0.4 is 9.47 Å². The van der Waals surface area contributed by atoms with E-state index in [0.29, 0.717) is 21.3 Å². The van der Waals surface area contributed by atoms with Crippen LogP contribution in [0.25, 0.3) is 0 Å². The molecular formula is C14H8F4O2S. The van der Waals surface area contributed by atoms with Crippen molar-refractivity contribution < 1.29 is 27.0 Å². The SMILES string of the molecule is Fc1cccc2c1Sc1ccc(OCC(F)(F)F)cc1O2. The summed E-state index contributed by atoms with van der Waals surface area (Å²) < 4.78 is 60.2. The molecule has 0 N–H and O–H groups in total. The molecule has 0 unspecified atom stereocenters. The van der Waals surface area contributed by atoms with Crippen LogP contribution in [-0.2, 0) is 0 Å². The second-order valence-electron chi connectivity index (χ2n) is 4.28. The average molecular weight is 316 g/mol. The molecule has 0 aliphatic carbocycles. The lowest BCUT2D eigenvalue weighted by Crippen LogP contribution is -2.19. The lowest BCUT2D eigenvalue weighted by atomic mass is 10.3. The molecule has 0 aromatic heterocycles. The minimum absolute atomic E-state index is 0.0477. The lowest BCUT2D eigenvalue weighted by Gasteiger charge is -2.20. The van der Waals surface area contributed by atoms with Gasteiger partial charge in [-0.1, -0.05) is 17.8 Å². The van der Waals surface area contributed by atoms with Crippen LogP contribution >= 0.6 is 11.8 Å². The molecule has 110 valence electrons. The Morgan fingerprint density at radius 2 is 1.90 bits per heavy atom. The van der Waals surface area contributed by atoms with E-state index < -0.39 is 18.6 Å². The van der Waals surface area contributed by atoms with Crippen molar-refractivity contribution in [3.05, 3.63) is 42.2 Å². The highest BCUT2D eigenvalue weighted by Crippen LogP contribution is 2.48. The van der Waals surface area contributed by atoms with Gasteiger partial charge >= 0.3 is 6.18 Å². The zero-order chi connectivity index (χ0) is 15.0. The van der Waals surface area contributed by atoms with Crippen LogP contribution in [-0.4, -0.2) is 12.8 Å². The number of ether oxygens (including phenoxy) is 2. The van der Waals surface area contributed by atoms with Crippen molar-refractivity contribution in [2.75, 3.05) is 6.61 Å². The predicted molar refractivity (Wildman–Crippen MR) is 68.6 cm³/mol. The standard InChI is InChI=1S/C14H8F4O2S/c15-9-2-1-3-10-13(9)21-12-5-4-8(6-11(12)20-10)19-7-14(16,17)18/h1-6H,7H2. The Balaban J connectivity index is 1.84. The molecule has 2 aromatic carbocycles. The van der Waals surface area contributed by atoms with Crippen LogP contribution in [0, 0.1) is 5.82 Å². The third-order valence-electron chi connectivity index (χ3n) is 2.68. The molecule has 2 nitrogen and oxygen atoms in total. The highest BCUT2D eigenvalue weighted by atomic mass is 32.2. The molecule has 0 bridgehead atoms. The molecule has 7 heteroatoms. The second-order valence-corrected chi connectivity index (χ2v) is 5.34. The van der Waals surface area contributed by atoms with Crippen LogP contribution in [0.4, 0.5) is 17.6 Å². The topological polar surface area (TPSA) is 18.5 Å². The molecule has 0 atom stereocenters. The number of benzene rings is 2. The monoisotopic (exact) mass is 316 g/mol. The first-order valence-electron chi connectivity index (χ1n) is 5.90. The summed E-state index contributed by atoms with van der Waals surface area (Å²) in [7, 11) is 0. The Bertz CT molecular complexity index is 685. The number of hydrogen-bond acceptors (Lipinski definition) is 3. The minimum atomic E-state index is -4.40. The maximum absolute atomic E-state index is 13.6. The number of hydrogen-bond donors (Lipinski definition) is 0. The van der Waals surface area contributed by atoms with Crippen molar-refractivity contribution in [1.29, 1.82) is 0 Å². The molecule has 1 heterocycles. The summed E-state index contributed by atoms with van der Waals surface area (Å²) in [6.45, 7) is -1.37.